The second-order valence-corrected chi connectivity index (χ2v) is 5.95. The van der Waals surface area contributed by atoms with Gasteiger partial charge in [-0.2, -0.15) is 8.78 Å². The molecule has 1 heterocycles. The maximum Gasteiger partial charge on any atom is 0.387 e. The standard InChI is InChI=1S/C14H17F2N3OS/c1-9(21-8-13-18-17-10(2)19(13)3)11-4-6-12(7-5-11)20-14(15)16/h4-7,9,14H,8H2,1-3H3/t9-/m1/s1. The van der Waals surface area contributed by atoms with Crippen LogP contribution in [-0.4, -0.2) is 21.4 Å². The van der Waals surface area contributed by atoms with E-state index in [-0.39, 0.29) is 11.0 Å². The number of hydrogen-bond acceptors (Lipinski definition) is 4. The zero-order valence-electron chi connectivity index (χ0n) is 12.1. The summed E-state index contributed by atoms with van der Waals surface area (Å²) in [6.45, 7) is 1.19. The summed E-state index contributed by atoms with van der Waals surface area (Å²) in [5, 5.41) is 8.36. The van der Waals surface area contributed by atoms with Crippen LogP contribution in [0.3, 0.4) is 0 Å². The molecule has 0 saturated carbocycles. The second kappa shape index (κ2) is 6.89. The number of hydrogen-bond donors (Lipinski definition) is 0. The Hall–Kier alpha value is -1.63. The van der Waals surface area contributed by atoms with Gasteiger partial charge in [-0.25, -0.2) is 0 Å². The van der Waals surface area contributed by atoms with E-state index in [2.05, 4.69) is 21.9 Å². The molecule has 0 spiro atoms. The Morgan fingerprint density at radius 2 is 1.90 bits per heavy atom. The van der Waals surface area contributed by atoms with Crippen molar-refractivity contribution >= 4 is 11.8 Å². The Balaban J connectivity index is 1.94. The monoisotopic (exact) mass is 313 g/mol. The Morgan fingerprint density at radius 3 is 2.43 bits per heavy atom. The average Bonchev–Trinajstić information content (AvgIpc) is 2.76. The van der Waals surface area contributed by atoms with Gasteiger partial charge in [0, 0.05) is 12.3 Å². The highest BCUT2D eigenvalue weighted by molar-refractivity contribution is 7.98. The van der Waals surface area contributed by atoms with E-state index in [0.29, 0.717) is 0 Å². The van der Waals surface area contributed by atoms with E-state index in [1.807, 2.05) is 18.5 Å². The van der Waals surface area contributed by atoms with Crippen LogP contribution < -0.4 is 4.74 Å². The van der Waals surface area contributed by atoms with Crippen LogP contribution in [0.25, 0.3) is 0 Å². The summed E-state index contributed by atoms with van der Waals surface area (Å²) >= 11 is 1.72. The molecule has 0 aliphatic rings. The van der Waals surface area contributed by atoms with Crippen LogP contribution in [0.1, 0.15) is 29.4 Å². The van der Waals surface area contributed by atoms with Crippen molar-refractivity contribution in [3.05, 3.63) is 41.5 Å². The molecule has 2 rings (SSSR count). The predicted molar refractivity (Wildman–Crippen MR) is 78.5 cm³/mol. The minimum atomic E-state index is -2.79. The van der Waals surface area contributed by atoms with Crippen molar-refractivity contribution in [2.45, 2.75) is 31.5 Å². The fourth-order valence-corrected chi connectivity index (χ4v) is 2.79. The number of aromatic nitrogens is 3. The lowest BCUT2D eigenvalue weighted by atomic mass is 10.2. The van der Waals surface area contributed by atoms with Gasteiger partial charge in [-0.05, 0) is 31.5 Å². The van der Waals surface area contributed by atoms with Crippen LogP contribution in [0.2, 0.25) is 0 Å². The van der Waals surface area contributed by atoms with E-state index in [4.69, 9.17) is 0 Å². The minimum Gasteiger partial charge on any atom is -0.435 e. The van der Waals surface area contributed by atoms with Crippen molar-refractivity contribution in [2.24, 2.45) is 7.05 Å². The molecule has 0 N–H and O–H groups in total. The van der Waals surface area contributed by atoms with Gasteiger partial charge in [0.2, 0.25) is 0 Å². The van der Waals surface area contributed by atoms with Gasteiger partial charge in [0.25, 0.3) is 0 Å². The molecule has 0 aliphatic carbocycles. The second-order valence-electron chi connectivity index (χ2n) is 4.62. The molecule has 0 unspecified atom stereocenters. The maximum atomic E-state index is 12.1. The van der Waals surface area contributed by atoms with Gasteiger partial charge in [-0.1, -0.05) is 12.1 Å². The third kappa shape index (κ3) is 4.17. The molecule has 7 heteroatoms. The van der Waals surface area contributed by atoms with Crippen LogP contribution in [0.5, 0.6) is 5.75 Å². The zero-order valence-corrected chi connectivity index (χ0v) is 12.9. The van der Waals surface area contributed by atoms with Gasteiger partial charge in [0.1, 0.15) is 17.4 Å². The van der Waals surface area contributed by atoms with E-state index in [1.54, 1.807) is 36.0 Å². The number of benzene rings is 1. The molecule has 0 saturated heterocycles. The fraction of sp³-hybridized carbons (Fsp3) is 0.429. The first-order valence-electron chi connectivity index (χ1n) is 6.48. The highest BCUT2D eigenvalue weighted by Gasteiger charge is 2.11. The number of alkyl halides is 2. The topological polar surface area (TPSA) is 39.9 Å². The molecule has 1 aromatic heterocycles. The van der Waals surface area contributed by atoms with Gasteiger partial charge in [-0.15, -0.1) is 22.0 Å². The van der Waals surface area contributed by atoms with Crippen LogP contribution in [0, 0.1) is 6.92 Å². The summed E-state index contributed by atoms with van der Waals surface area (Å²) in [7, 11) is 1.94. The number of aryl methyl sites for hydroxylation is 1. The van der Waals surface area contributed by atoms with E-state index in [1.165, 1.54) is 0 Å². The van der Waals surface area contributed by atoms with Crippen LogP contribution in [0.4, 0.5) is 8.78 Å². The summed E-state index contributed by atoms with van der Waals surface area (Å²) in [5.74, 6) is 2.72. The SMILES string of the molecule is Cc1nnc(CS[C@H](C)c2ccc(OC(F)F)cc2)n1C. The lowest BCUT2D eigenvalue weighted by molar-refractivity contribution is -0.0498. The highest BCUT2D eigenvalue weighted by Crippen LogP contribution is 2.31. The zero-order chi connectivity index (χ0) is 15.4. The fourth-order valence-electron chi connectivity index (χ4n) is 1.79. The number of rotatable bonds is 6. The molecule has 0 aliphatic heterocycles. The highest BCUT2D eigenvalue weighted by atomic mass is 32.2. The Labute approximate surface area is 126 Å². The van der Waals surface area contributed by atoms with E-state index in [9.17, 15) is 8.78 Å². The van der Waals surface area contributed by atoms with Gasteiger partial charge >= 0.3 is 6.61 Å². The molecule has 1 atom stereocenters. The van der Waals surface area contributed by atoms with E-state index in [0.717, 1.165) is 23.0 Å². The smallest absolute Gasteiger partial charge is 0.387 e. The largest absolute Gasteiger partial charge is 0.435 e. The van der Waals surface area contributed by atoms with Gasteiger partial charge in [0.15, 0.2) is 0 Å². The molecule has 21 heavy (non-hydrogen) atoms. The molecule has 0 fully saturated rings. The first-order chi connectivity index (χ1) is 9.97. The maximum absolute atomic E-state index is 12.1. The summed E-state index contributed by atoms with van der Waals surface area (Å²) < 4.78 is 30.5. The Bertz CT molecular complexity index is 586. The molecule has 1 aromatic carbocycles. The van der Waals surface area contributed by atoms with E-state index < -0.39 is 6.61 Å². The molecule has 0 bridgehead atoms. The van der Waals surface area contributed by atoms with Gasteiger partial charge in [-0.3, -0.25) is 0 Å². The lowest BCUT2D eigenvalue weighted by Gasteiger charge is -2.12. The molecule has 0 amide bonds. The minimum absolute atomic E-state index is 0.176. The molecular weight excluding hydrogens is 296 g/mol. The quantitative estimate of drug-likeness (QED) is 0.815. The van der Waals surface area contributed by atoms with Crippen molar-refractivity contribution in [3.8, 4) is 5.75 Å². The van der Waals surface area contributed by atoms with Crippen LogP contribution in [-0.2, 0) is 12.8 Å². The van der Waals surface area contributed by atoms with Crippen molar-refractivity contribution < 1.29 is 13.5 Å². The molecule has 2 aromatic rings. The van der Waals surface area contributed by atoms with Crippen molar-refractivity contribution in [2.75, 3.05) is 0 Å². The summed E-state index contributed by atoms with van der Waals surface area (Å²) in [4.78, 5) is 0. The molecule has 0 radical (unpaired) electrons. The third-order valence-electron chi connectivity index (χ3n) is 3.22. The third-order valence-corrected chi connectivity index (χ3v) is 4.42. The Kier molecular flexibility index (Phi) is 5.17. The predicted octanol–water partition coefficient (Wildman–Crippen LogP) is 3.72. The summed E-state index contributed by atoms with van der Waals surface area (Å²) in [6, 6.07) is 6.73. The average molecular weight is 313 g/mol. The molecular formula is C14H17F2N3OS. The van der Waals surface area contributed by atoms with Crippen molar-refractivity contribution in [3.63, 3.8) is 0 Å². The lowest BCUT2D eigenvalue weighted by Crippen LogP contribution is -2.02. The first-order valence-corrected chi connectivity index (χ1v) is 7.53. The van der Waals surface area contributed by atoms with Crippen LogP contribution >= 0.6 is 11.8 Å². The molecule has 114 valence electrons. The summed E-state index contributed by atoms with van der Waals surface area (Å²) in [6.07, 6.45) is 0. The van der Waals surface area contributed by atoms with E-state index >= 15 is 0 Å². The number of ether oxygens (including phenoxy) is 1. The first kappa shape index (κ1) is 15.8. The number of thioether (sulfide) groups is 1. The number of nitrogens with zero attached hydrogens (tertiary/aromatic N) is 3. The van der Waals surface area contributed by atoms with Crippen molar-refractivity contribution in [1.29, 1.82) is 0 Å². The summed E-state index contributed by atoms with van der Waals surface area (Å²) in [5.41, 5.74) is 1.06. The van der Waals surface area contributed by atoms with Crippen LogP contribution in [0.15, 0.2) is 24.3 Å². The Morgan fingerprint density at radius 1 is 1.24 bits per heavy atom. The number of halogens is 2. The normalized spacial score (nSPS) is 12.7. The van der Waals surface area contributed by atoms with Gasteiger partial charge in [0.05, 0.1) is 5.75 Å². The van der Waals surface area contributed by atoms with Gasteiger partial charge < -0.3 is 9.30 Å². The van der Waals surface area contributed by atoms with Crippen molar-refractivity contribution in [1.82, 2.24) is 14.8 Å². The molecule has 4 nitrogen and oxygen atoms in total.